The van der Waals surface area contributed by atoms with Crippen LogP contribution in [0.1, 0.15) is 12.0 Å². The number of pyridine rings is 1. The highest BCUT2D eigenvalue weighted by Gasteiger charge is 2.23. The Bertz CT molecular complexity index is 1210. The third-order valence-corrected chi connectivity index (χ3v) is 4.77. The number of amidine groups is 1. The number of aromatic amines is 1. The van der Waals surface area contributed by atoms with Crippen molar-refractivity contribution in [2.24, 2.45) is 5.73 Å². The van der Waals surface area contributed by atoms with Crippen LogP contribution in [0, 0.1) is 5.41 Å². The first-order valence-electron chi connectivity index (χ1n) is 9.73. The number of anilines is 2. The van der Waals surface area contributed by atoms with Crippen molar-refractivity contribution >= 4 is 39.9 Å². The molecule has 166 valence electrons. The van der Waals surface area contributed by atoms with Gasteiger partial charge in [0.15, 0.2) is 0 Å². The zero-order valence-electron chi connectivity index (χ0n) is 17.0. The number of carbonyl (C=O) groups excluding carboxylic acids is 2. The number of nitrogens with zero attached hydrogens (tertiary/aromatic N) is 1. The fourth-order valence-corrected chi connectivity index (χ4v) is 3.13. The van der Waals surface area contributed by atoms with E-state index in [4.69, 9.17) is 11.1 Å². The van der Waals surface area contributed by atoms with Gasteiger partial charge >= 0.3 is 0 Å². The van der Waals surface area contributed by atoms with Crippen molar-refractivity contribution in [1.82, 2.24) is 4.98 Å². The maximum atomic E-state index is 12.8. The number of aliphatic hydroxyl groups is 1. The first-order valence-corrected chi connectivity index (χ1v) is 9.73. The highest BCUT2D eigenvalue weighted by molar-refractivity contribution is 6.01. The van der Waals surface area contributed by atoms with Crippen molar-refractivity contribution in [2.45, 2.75) is 12.5 Å². The second kappa shape index (κ2) is 9.86. The standard InChI is InChI=1S/C22H22N5O5/c23-21(24)13-1-4-15(5-2-13)25-22(32)18(29)12-20(31)27(9-10-28)16-6-7-17-14(11-16)3-8-19(30)26-17/h1-8,11,18,29H,9-10,12H2,(H3,23,24)(H,25,32)(H,26,30)/q-1/t18-/m1/s1. The van der Waals surface area contributed by atoms with Gasteiger partial charge in [0.2, 0.25) is 11.5 Å². The van der Waals surface area contributed by atoms with Crippen LogP contribution in [0.25, 0.3) is 10.9 Å². The molecule has 0 spiro atoms. The molecule has 32 heavy (non-hydrogen) atoms. The summed E-state index contributed by atoms with van der Waals surface area (Å²) in [5, 5.41) is 32.0. The number of rotatable bonds is 8. The van der Waals surface area contributed by atoms with E-state index in [9.17, 15) is 24.6 Å². The number of aromatic nitrogens is 1. The van der Waals surface area contributed by atoms with Gasteiger partial charge in [-0.3, -0.25) is 19.8 Å². The summed E-state index contributed by atoms with van der Waals surface area (Å²) in [5.74, 6) is -1.50. The molecule has 6 N–H and O–H groups in total. The highest BCUT2D eigenvalue weighted by Crippen LogP contribution is 2.21. The summed E-state index contributed by atoms with van der Waals surface area (Å²) in [6.07, 6.45) is -2.16. The van der Waals surface area contributed by atoms with Gasteiger partial charge in [-0.15, -0.1) is 6.61 Å². The molecule has 1 atom stereocenters. The van der Waals surface area contributed by atoms with E-state index in [1.807, 2.05) is 0 Å². The first kappa shape index (κ1) is 22.7. The third kappa shape index (κ3) is 5.36. The Labute approximate surface area is 182 Å². The lowest BCUT2D eigenvalue weighted by Crippen LogP contribution is -2.40. The molecule has 0 radical (unpaired) electrons. The molecule has 0 aliphatic carbocycles. The zero-order valence-corrected chi connectivity index (χ0v) is 17.0. The van der Waals surface area contributed by atoms with Gasteiger partial charge in [-0.25, -0.2) is 0 Å². The zero-order chi connectivity index (χ0) is 23.3. The van der Waals surface area contributed by atoms with Gasteiger partial charge in [0.1, 0.15) is 11.9 Å². The average molecular weight is 436 g/mol. The number of benzene rings is 2. The van der Waals surface area contributed by atoms with E-state index >= 15 is 0 Å². The summed E-state index contributed by atoms with van der Waals surface area (Å²) in [7, 11) is 0. The summed E-state index contributed by atoms with van der Waals surface area (Å²) in [5.41, 5.74) is 6.96. The molecule has 3 rings (SSSR count). The fourth-order valence-electron chi connectivity index (χ4n) is 3.13. The lowest BCUT2D eigenvalue weighted by molar-refractivity contribution is -0.363. The van der Waals surface area contributed by atoms with E-state index in [0.717, 1.165) is 0 Å². The van der Waals surface area contributed by atoms with E-state index < -0.39 is 30.9 Å². The Morgan fingerprint density at radius 3 is 2.53 bits per heavy atom. The van der Waals surface area contributed by atoms with E-state index in [0.29, 0.717) is 27.8 Å². The van der Waals surface area contributed by atoms with Crippen molar-refractivity contribution < 1.29 is 19.8 Å². The summed E-state index contributed by atoms with van der Waals surface area (Å²) in [4.78, 5) is 40.4. The molecule has 3 aromatic rings. The molecule has 1 heterocycles. The Kier molecular flexibility index (Phi) is 6.98. The molecule has 0 saturated carbocycles. The molecule has 10 heteroatoms. The summed E-state index contributed by atoms with van der Waals surface area (Å²) in [6, 6.07) is 13.9. The smallest absolute Gasteiger partial charge is 0.253 e. The lowest BCUT2D eigenvalue weighted by atomic mass is 10.1. The van der Waals surface area contributed by atoms with Gasteiger partial charge in [-0.1, -0.05) is 0 Å². The molecule has 2 amide bonds. The third-order valence-electron chi connectivity index (χ3n) is 4.77. The number of hydrogen-bond acceptors (Lipinski definition) is 6. The number of fused-ring (bicyclic) bond motifs is 1. The van der Waals surface area contributed by atoms with E-state index in [1.165, 1.54) is 23.1 Å². The van der Waals surface area contributed by atoms with Crippen molar-refractivity contribution in [3.05, 3.63) is 70.5 Å². The van der Waals surface area contributed by atoms with Gasteiger partial charge < -0.3 is 31.1 Å². The van der Waals surface area contributed by atoms with Crippen molar-refractivity contribution in [3.63, 3.8) is 0 Å². The molecule has 0 unspecified atom stereocenters. The Hall–Kier alpha value is -4.02. The first-order chi connectivity index (χ1) is 15.3. The maximum Gasteiger partial charge on any atom is 0.253 e. The van der Waals surface area contributed by atoms with Crippen LogP contribution in [0.15, 0.2) is 59.4 Å². The molecule has 0 aliphatic rings. The van der Waals surface area contributed by atoms with Crippen LogP contribution in [0.2, 0.25) is 0 Å². The van der Waals surface area contributed by atoms with Crippen LogP contribution >= 0.6 is 0 Å². The van der Waals surface area contributed by atoms with Gasteiger partial charge in [-0.05, 0) is 48.5 Å². The number of H-pyrrole nitrogens is 1. The molecular weight excluding hydrogens is 414 g/mol. The SMILES string of the molecule is N=C(N)c1ccc(NC(=O)[C@H](O)CC(=O)N(CC[O-])c2ccc3[nH]c(=O)ccc3c2)cc1. The lowest BCUT2D eigenvalue weighted by Gasteiger charge is -2.25. The molecule has 10 nitrogen and oxygen atoms in total. The minimum atomic E-state index is -1.64. The van der Waals surface area contributed by atoms with Gasteiger partial charge in [0, 0.05) is 40.5 Å². The topological polar surface area (TPSA) is 175 Å². The Balaban J connectivity index is 1.70. The van der Waals surface area contributed by atoms with Gasteiger partial charge in [0.05, 0.1) is 6.42 Å². The van der Waals surface area contributed by atoms with E-state index in [1.54, 1.807) is 36.4 Å². The number of nitrogens with two attached hydrogens (primary N) is 1. The van der Waals surface area contributed by atoms with Crippen LogP contribution < -0.4 is 26.6 Å². The summed E-state index contributed by atoms with van der Waals surface area (Å²) < 4.78 is 0. The average Bonchev–Trinajstić information content (AvgIpc) is 2.77. The Morgan fingerprint density at radius 2 is 1.88 bits per heavy atom. The molecule has 1 aromatic heterocycles. The number of aliphatic hydroxyl groups excluding tert-OH is 1. The van der Waals surface area contributed by atoms with Crippen LogP contribution in [0.3, 0.4) is 0 Å². The fraction of sp³-hybridized carbons (Fsp3) is 0.182. The van der Waals surface area contributed by atoms with E-state index in [2.05, 4.69) is 10.3 Å². The van der Waals surface area contributed by atoms with Crippen molar-refractivity contribution in [2.75, 3.05) is 23.4 Å². The molecule has 0 aliphatic heterocycles. The minimum Gasteiger partial charge on any atom is -0.853 e. The number of nitrogen functional groups attached to an aromatic ring is 1. The number of nitrogens with one attached hydrogen (secondary N) is 3. The van der Waals surface area contributed by atoms with Crippen molar-refractivity contribution in [1.29, 1.82) is 5.41 Å². The van der Waals surface area contributed by atoms with Crippen LogP contribution in [-0.4, -0.2) is 47.0 Å². The second-order valence-electron chi connectivity index (χ2n) is 7.04. The van der Waals surface area contributed by atoms with Gasteiger partial charge in [0.25, 0.3) is 5.91 Å². The number of hydrogen-bond donors (Lipinski definition) is 5. The van der Waals surface area contributed by atoms with Crippen molar-refractivity contribution in [3.8, 4) is 0 Å². The normalized spacial score (nSPS) is 11.7. The quantitative estimate of drug-likeness (QED) is 0.243. The molecular formula is C22H22N5O5-. The maximum absolute atomic E-state index is 12.8. The van der Waals surface area contributed by atoms with Crippen LogP contribution in [0.4, 0.5) is 11.4 Å². The van der Waals surface area contributed by atoms with E-state index in [-0.39, 0.29) is 17.9 Å². The highest BCUT2D eigenvalue weighted by atomic mass is 16.3. The summed E-state index contributed by atoms with van der Waals surface area (Å²) >= 11 is 0. The Morgan fingerprint density at radius 1 is 1.16 bits per heavy atom. The number of carbonyl (C=O) groups is 2. The van der Waals surface area contributed by atoms with Crippen LogP contribution in [-0.2, 0) is 9.59 Å². The molecule has 0 fully saturated rings. The van der Waals surface area contributed by atoms with Gasteiger partial charge in [-0.2, -0.15) is 0 Å². The molecule has 0 bridgehead atoms. The molecule has 0 saturated heterocycles. The number of amides is 2. The second-order valence-corrected chi connectivity index (χ2v) is 7.04. The minimum absolute atomic E-state index is 0.118. The predicted molar refractivity (Wildman–Crippen MR) is 119 cm³/mol. The predicted octanol–water partition coefficient (Wildman–Crippen LogP) is -0.105. The largest absolute Gasteiger partial charge is 0.853 e. The monoisotopic (exact) mass is 436 g/mol. The molecule has 2 aromatic carbocycles. The summed E-state index contributed by atoms with van der Waals surface area (Å²) in [6.45, 7) is -0.714. The van der Waals surface area contributed by atoms with Crippen LogP contribution in [0.5, 0.6) is 0 Å².